The fraction of sp³-hybridized carbons (Fsp3) is 0.273. The van der Waals surface area contributed by atoms with E-state index in [1.54, 1.807) is 4.57 Å². The first kappa shape index (κ1) is 10.3. The van der Waals surface area contributed by atoms with Crippen LogP contribution in [0.4, 0.5) is 13.2 Å². The summed E-state index contributed by atoms with van der Waals surface area (Å²) in [5.74, 6) is -3.67. The molecule has 3 rings (SSSR count). The highest BCUT2D eigenvalue weighted by atomic mass is 19.2. The number of hydrogen-bond donors (Lipinski definition) is 0. The molecule has 0 saturated heterocycles. The number of halogens is 3. The Morgan fingerprint density at radius 1 is 1.12 bits per heavy atom. The maximum absolute atomic E-state index is 13.6. The van der Waals surface area contributed by atoms with E-state index in [2.05, 4.69) is 10.2 Å². The lowest BCUT2D eigenvalue weighted by atomic mass is 10.2. The molecule has 2 aromatic rings. The van der Waals surface area contributed by atoms with Crippen molar-refractivity contribution in [2.45, 2.75) is 18.9 Å². The molecule has 1 aromatic heterocycles. The predicted octanol–water partition coefficient (Wildman–Crippen LogP) is 2.70. The molecule has 0 amide bonds. The molecule has 1 fully saturated rings. The Balaban J connectivity index is 2.15. The lowest BCUT2D eigenvalue weighted by Gasteiger charge is -2.06. The summed E-state index contributed by atoms with van der Waals surface area (Å²) in [4.78, 5) is 0. The topological polar surface area (TPSA) is 30.7 Å². The molecular weight excluding hydrogens is 231 g/mol. The van der Waals surface area contributed by atoms with Crippen LogP contribution in [0.1, 0.15) is 18.9 Å². The monoisotopic (exact) mass is 239 g/mol. The van der Waals surface area contributed by atoms with Crippen molar-refractivity contribution in [3.8, 4) is 11.4 Å². The van der Waals surface area contributed by atoms with Crippen molar-refractivity contribution >= 4 is 0 Å². The SMILES string of the molecule is Fc1ccc(-c2nncn2C2CC2)c(F)c1F. The molecule has 0 unspecified atom stereocenters. The second-order valence-electron chi connectivity index (χ2n) is 4.02. The number of rotatable bonds is 2. The Bertz CT molecular complexity index is 575. The molecule has 0 N–H and O–H groups in total. The largest absolute Gasteiger partial charge is 0.310 e. The number of benzene rings is 1. The zero-order valence-corrected chi connectivity index (χ0v) is 8.70. The Kier molecular flexibility index (Phi) is 2.17. The van der Waals surface area contributed by atoms with Gasteiger partial charge in [0.15, 0.2) is 23.3 Å². The van der Waals surface area contributed by atoms with Crippen LogP contribution in [0.15, 0.2) is 18.5 Å². The summed E-state index contributed by atoms with van der Waals surface area (Å²) in [6, 6.07) is 2.31. The molecule has 0 bridgehead atoms. The van der Waals surface area contributed by atoms with Crippen molar-refractivity contribution < 1.29 is 13.2 Å². The number of nitrogens with zero attached hydrogens (tertiary/aromatic N) is 3. The van der Waals surface area contributed by atoms with E-state index in [1.807, 2.05) is 0 Å². The van der Waals surface area contributed by atoms with Crippen LogP contribution in [0.3, 0.4) is 0 Å². The third kappa shape index (κ3) is 1.60. The smallest absolute Gasteiger partial charge is 0.195 e. The predicted molar refractivity (Wildman–Crippen MR) is 53.6 cm³/mol. The van der Waals surface area contributed by atoms with Crippen LogP contribution in [-0.4, -0.2) is 14.8 Å². The summed E-state index contributed by atoms with van der Waals surface area (Å²) in [6.07, 6.45) is 3.42. The highest BCUT2D eigenvalue weighted by molar-refractivity contribution is 5.56. The van der Waals surface area contributed by atoms with Crippen LogP contribution in [0.25, 0.3) is 11.4 Å². The summed E-state index contributed by atoms with van der Waals surface area (Å²) >= 11 is 0. The van der Waals surface area contributed by atoms with E-state index in [9.17, 15) is 13.2 Å². The Morgan fingerprint density at radius 2 is 1.88 bits per heavy atom. The van der Waals surface area contributed by atoms with E-state index in [4.69, 9.17) is 0 Å². The molecule has 1 aliphatic rings. The highest BCUT2D eigenvalue weighted by Crippen LogP contribution is 2.38. The highest BCUT2D eigenvalue weighted by Gasteiger charge is 2.28. The Labute approximate surface area is 94.9 Å². The third-order valence-corrected chi connectivity index (χ3v) is 2.79. The van der Waals surface area contributed by atoms with E-state index in [1.165, 1.54) is 12.4 Å². The van der Waals surface area contributed by atoms with Gasteiger partial charge in [0.2, 0.25) is 0 Å². The van der Waals surface area contributed by atoms with Gasteiger partial charge in [-0.3, -0.25) is 0 Å². The second kappa shape index (κ2) is 3.58. The zero-order chi connectivity index (χ0) is 12.0. The van der Waals surface area contributed by atoms with Gasteiger partial charge in [-0.1, -0.05) is 0 Å². The molecular formula is C11H8F3N3. The lowest BCUT2D eigenvalue weighted by Crippen LogP contribution is -2.00. The quantitative estimate of drug-likeness (QED) is 0.754. The summed E-state index contributed by atoms with van der Waals surface area (Å²) in [6.45, 7) is 0. The van der Waals surface area contributed by atoms with E-state index in [-0.39, 0.29) is 17.4 Å². The maximum Gasteiger partial charge on any atom is 0.195 e. The first-order chi connectivity index (χ1) is 8.18. The number of aromatic nitrogens is 3. The van der Waals surface area contributed by atoms with Gasteiger partial charge in [0.1, 0.15) is 6.33 Å². The molecule has 6 heteroatoms. The third-order valence-electron chi connectivity index (χ3n) is 2.79. The molecule has 3 nitrogen and oxygen atoms in total. The van der Waals surface area contributed by atoms with Crippen molar-refractivity contribution in [2.24, 2.45) is 0 Å². The second-order valence-corrected chi connectivity index (χ2v) is 4.02. The molecule has 1 aliphatic carbocycles. The summed E-state index contributed by atoms with van der Waals surface area (Å²) in [7, 11) is 0. The van der Waals surface area contributed by atoms with Gasteiger partial charge in [0, 0.05) is 6.04 Å². The molecule has 0 aliphatic heterocycles. The van der Waals surface area contributed by atoms with Gasteiger partial charge >= 0.3 is 0 Å². The average molecular weight is 239 g/mol. The first-order valence-electron chi connectivity index (χ1n) is 5.22. The van der Waals surface area contributed by atoms with Crippen LogP contribution < -0.4 is 0 Å². The minimum absolute atomic E-state index is 0.0618. The molecule has 0 radical (unpaired) electrons. The van der Waals surface area contributed by atoms with Crippen LogP contribution in [0, 0.1) is 17.5 Å². The molecule has 1 saturated carbocycles. The van der Waals surface area contributed by atoms with E-state index in [0.29, 0.717) is 0 Å². The fourth-order valence-electron chi connectivity index (χ4n) is 1.75. The van der Waals surface area contributed by atoms with Crippen LogP contribution in [-0.2, 0) is 0 Å². The van der Waals surface area contributed by atoms with Crippen LogP contribution >= 0.6 is 0 Å². The average Bonchev–Trinajstić information content (AvgIpc) is 3.06. The molecule has 1 heterocycles. The Hall–Kier alpha value is -1.85. The Morgan fingerprint density at radius 3 is 2.59 bits per heavy atom. The first-order valence-corrected chi connectivity index (χ1v) is 5.22. The molecule has 0 spiro atoms. The van der Waals surface area contributed by atoms with Gasteiger partial charge in [-0.25, -0.2) is 13.2 Å². The van der Waals surface area contributed by atoms with Crippen molar-refractivity contribution in [3.63, 3.8) is 0 Å². The zero-order valence-electron chi connectivity index (χ0n) is 8.70. The molecule has 88 valence electrons. The molecule has 1 aromatic carbocycles. The summed E-state index contributed by atoms with van der Waals surface area (Å²) in [5, 5.41) is 7.45. The molecule has 17 heavy (non-hydrogen) atoms. The van der Waals surface area contributed by atoms with Gasteiger partial charge in [0.05, 0.1) is 5.56 Å². The minimum Gasteiger partial charge on any atom is -0.310 e. The van der Waals surface area contributed by atoms with Gasteiger partial charge in [-0.2, -0.15) is 0 Å². The van der Waals surface area contributed by atoms with Gasteiger partial charge in [-0.05, 0) is 25.0 Å². The lowest BCUT2D eigenvalue weighted by molar-refractivity contribution is 0.448. The van der Waals surface area contributed by atoms with Crippen LogP contribution in [0.5, 0.6) is 0 Å². The number of hydrogen-bond acceptors (Lipinski definition) is 2. The van der Waals surface area contributed by atoms with E-state index >= 15 is 0 Å². The van der Waals surface area contributed by atoms with Gasteiger partial charge in [-0.15, -0.1) is 10.2 Å². The van der Waals surface area contributed by atoms with Crippen LogP contribution in [0.2, 0.25) is 0 Å². The van der Waals surface area contributed by atoms with Gasteiger partial charge < -0.3 is 4.57 Å². The van der Waals surface area contributed by atoms with Crippen molar-refractivity contribution in [1.82, 2.24) is 14.8 Å². The van der Waals surface area contributed by atoms with Crippen molar-refractivity contribution in [1.29, 1.82) is 0 Å². The maximum atomic E-state index is 13.6. The minimum atomic E-state index is -1.48. The van der Waals surface area contributed by atoms with Crippen molar-refractivity contribution in [2.75, 3.05) is 0 Å². The summed E-state index contributed by atoms with van der Waals surface area (Å²) in [5.41, 5.74) is -0.0618. The van der Waals surface area contributed by atoms with E-state index in [0.717, 1.165) is 18.9 Å². The normalized spacial score (nSPS) is 15.2. The summed E-state index contributed by atoms with van der Waals surface area (Å²) < 4.78 is 41.2. The van der Waals surface area contributed by atoms with Gasteiger partial charge in [0.25, 0.3) is 0 Å². The fourth-order valence-corrected chi connectivity index (χ4v) is 1.75. The molecule has 0 atom stereocenters. The van der Waals surface area contributed by atoms with Crippen molar-refractivity contribution in [3.05, 3.63) is 35.9 Å². The standard InChI is InChI=1S/C11H8F3N3/c12-8-4-3-7(9(13)10(8)14)11-16-15-5-17(11)6-1-2-6/h3-6H,1-2H2. The van der Waals surface area contributed by atoms with E-state index < -0.39 is 17.5 Å².